The number of nitrogens with two attached hydrogens (primary N) is 1. The van der Waals surface area contributed by atoms with Crippen molar-refractivity contribution < 1.29 is 9.53 Å². The molecule has 11 heavy (non-hydrogen) atoms. The lowest BCUT2D eigenvalue weighted by Crippen LogP contribution is -2.20. The summed E-state index contributed by atoms with van der Waals surface area (Å²) >= 11 is 0. The highest BCUT2D eigenvalue weighted by atomic mass is 16.5. The van der Waals surface area contributed by atoms with Crippen molar-refractivity contribution in [2.75, 3.05) is 7.11 Å². The van der Waals surface area contributed by atoms with Crippen molar-refractivity contribution in [1.29, 1.82) is 0 Å². The Morgan fingerprint density at radius 1 is 1.64 bits per heavy atom. The van der Waals surface area contributed by atoms with Crippen LogP contribution in [0.2, 0.25) is 0 Å². The quantitative estimate of drug-likeness (QED) is 0.474. The van der Waals surface area contributed by atoms with Crippen molar-refractivity contribution in [3.8, 4) is 0 Å². The summed E-state index contributed by atoms with van der Waals surface area (Å²) in [5.74, 6) is 0.0727. The van der Waals surface area contributed by atoms with Gasteiger partial charge < -0.3 is 10.5 Å². The molecule has 0 amide bonds. The predicted molar refractivity (Wildman–Crippen MR) is 41.6 cm³/mol. The van der Waals surface area contributed by atoms with Crippen molar-refractivity contribution in [3.63, 3.8) is 0 Å². The van der Waals surface area contributed by atoms with Crippen LogP contribution in [0.4, 0.5) is 0 Å². The smallest absolute Gasteiger partial charge is 0.332 e. The number of ether oxygens (including phenoxy) is 1. The lowest BCUT2D eigenvalue weighted by molar-refractivity contribution is -0.134. The minimum Gasteiger partial charge on any atom is -0.466 e. The number of hydrogen-bond donors (Lipinski definition) is 1. The van der Waals surface area contributed by atoms with Gasteiger partial charge in [0.2, 0.25) is 0 Å². The van der Waals surface area contributed by atoms with E-state index in [4.69, 9.17) is 5.73 Å². The minimum absolute atomic E-state index is 0.352. The number of methoxy groups -OCH3 is 1. The summed E-state index contributed by atoms with van der Waals surface area (Å²) in [5, 5.41) is 0. The summed E-state index contributed by atoms with van der Waals surface area (Å²) in [7, 11) is 1.35. The topological polar surface area (TPSA) is 52.3 Å². The number of allylic oxidation sites excluding steroid dienone is 1. The summed E-state index contributed by atoms with van der Waals surface area (Å²) in [6.07, 6.45) is 4.82. The summed E-state index contributed by atoms with van der Waals surface area (Å²) in [6.45, 7) is 0. The third kappa shape index (κ3) is 1.97. The van der Waals surface area contributed by atoms with E-state index in [0.717, 1.165) is 12.8 Å². The van der Waals surface area contributed by atoms with E-state index >= 15 is 0 Å². The molecule has 0 saturated heterocycles. The molecule has 1 fully saturated rings. The maximum absolute atomic E-state index is 10.7. The van der Waals surface area contributed by atoms with Crippen molar-refractivity contribution >= 4 is 5.97 Å². The van der Waals surface area contributed by atoms with Gasteiger partial charge in [0.05, 0.1) is 7.11 Å². The van der Waals surface area contributed by atoms with Gasteiger partial charge in [-0.3, -0.25) is 0 Å². The first-order chi connectivity index (χ1) is 5.24. The van der Waals surface area contributed by atoms with E-state index in [-0.39, 0.29) is 5.97 Å². The monoisotopic (exact) mass is 155 g/mol. The zero-order valence-corrected chi connectivity index (χ0v) is 6.67. The molecule has 3 heteroatoms. The van der Waals surface area contributed by atoms with Crippen LogP contribution in [0.1, 0.15) is 19.3 Å². The maximum atomic E-state index is 10.7. The first-order valence-electron chi connectivity index (χ1n) is 3.79. The van der Waals surface area contributed by atoms with Crippen LogP contribution in [-0.2, 0) is 9.53 Å². The van der Waals surface area contributed by atoms with Crippen LogP contribution in [0, 0.1) is 5.92 Å². The highest BCUT2D eigenvalue weighted by Crippen LogP contribution is 2.30. The predicted octanol–water partition coefficient (Wildman–Crippen LogP) is 0.802. The highest BCUT2D eigenvalue weighted by Gasteiger charge is 2.20. The normalized spacial score (nSPS) is 19.2. The summed E-state index contributed by atoms with van der Waals surface area (Å²) in [5.41, 5.74) is 6.29. The number of rotatable bonds is 2. The van der Waals surface area contributed by atoms with Gasteiger partial charge in [0.25, 0.3) is 0 Å². The van der Waals surface area contributed by atoms with Gasteiger partial charge in [0, 0.05) is 11.8 Å². The Hall–Kier alpha value is -0.990. The third-order valence-corrected chi connectivity index (χ3v) is 2.06. The largest absolute Gasteiger partial charge is 0.466 e. The van der Waals surface area contributed by atoms with E-state index in [1.165, 1.54) is 19.6 Å². The molecule has 0 aromatic rings. The zero-order chi connectivity index (χ0) is 8.27. The van der Waals surface area contributed by atoms with E-state index in [0.29, 0.717) is 11.6 Å². The standard InChI is InChI=1S/C8H13NO2/c1-11-8(10)5-7(9)6-3-2-4-6/h5-6H,2-4,9H2,1H3/b7-5-. The summed E-state index contributed by atoms with van der Waals surface area (Å²) < 4.78 is 4.44. The van der Waals surface area contributed by atoms with Gasteiger partial charge in [0.1, 0.15) is 0 Å². The second kappa shape index (κ2) is 3.42. The molecule has 3 nitrogen and oxygen atoms in total. The molecule has 0 atom stereocenters. The van der Waals surface area contributed by atoms with Crippen LogP contribution in [-0.4, -0.2) is 13.1 Å². The van der Waals surface area contributed by atoms with Crippen molar-refractivity contribution in [1.82, 2.24) is 0 Å². The minimum atomic E-state index is -0.352. The van der Waals surface area contributed by atoms with Gasteiger partial charge in [0.15, 0.2) is 0 Å². The first kappa shape index (κ1) is 8.11. The van der Waals surface area contributed by atoms with Crippen LogP contribution in [0.15, 0.2) is 11.8 Å². The molecular formula is C8H13NO2. The molecule has 0 radical (unpaired) electrons. The fourth-order valence-corrected chi connectivity index (χ4v) is 1.05. The molecule has 0 heterocycles. The van der Waals surface area contributed by atoms with E-state index < -0.39 is 0 Å². The highest BCUT2D eigenvalue weighted by molar-refractivity contribution is 5.82. The number of esters is 1. The number of carbonyl (C=O) groups excluding carboxylic acids is 1. The van der Waals surface area contributed by atoms with Gasteiger partial charge in [-0.15, -0.1) is 0 Å². The Bertz CT molecular complexity index is 183. The maximum Gasteiger partial charge on any atom is 0.332 e. The van der Waals surface area contributed by atoms with Gasteiger partial charge in [-0.05, 0) is 18.8 Å². The van der Waals surface area contributed by atoms with Crippen LogP contribution in [0.5, 0.6) is 0 Å². The van der Waals surface area contributed by atoms with E-state index in [1.807, 2.05) is 0 Å². The summed E-state index contributed by atoms with van der Waals surface area (Å²) in [6, 6.07) is 0. The van der Waals surface area contributed by atoms with Crippen molar-refractivity contribution in [3.05, 3.63) is 11.8 Å². The van der Waals surface area contributed by atoms with Gasteiger partial charge in [-0.2, -0.15) is 0 Å². The molecule has 62 valence electrons. The van der Waals surface area contributed by atoms with Gasteiger partial charge >= 0.3 is 5.97 Å². The lowest BCUT2D eigenvalue weighted by atomic mass is 9.83. The molecule has 0 aliphatic heterocycles. The van der Waals surface area contributed by atoms with Crippen molar-refractivity contribution in [2.45, 2.75) is 19.3 Å². The van der Waals surface area contributed by atoms with Gasteiger partial charge in [-0.1, -0.05) is 6.42 Å². The molecule has 0 bridgehead atoms. The van der Waals surface area contributed by atoms with Crippen molar-refractivity contribution in [2.24, 2.45) is 11.7 Å². The first-order valence-corrected chi connectivity index (χ1v) is 3.79. The fraction of sp³-hybridized carbons (Fsp3) is 0.625. The molecule has 0 spiro atoms. The fourth-order valence-electron chi connectivity index (χ4n) is 1.05. The molecule has 1 rings (SSSR count). The van der Waals surface area contributed by atoms with Crippen LogP contribution >= 0.6 is 0 Å². The molecule has 0 aromatic carbocycles. The Balaban J connectivity index is 2.43. The third-order valence-electron chi connectivity index (χ3n) is 2.06. The molecule has 0 aromatic heterocycles. The lowest BCUT2D eigenvalue weighted by Gasteiger charge is -2.25. The van der Waals surface area contributed by atoms with E-state index in [1.54, 1.807) is 0 Å². The molecule has 1 aliphatic rings. The van der Waals surface area contributed by atoms with Crippen LogP contribution < -0.4 is 5.73 Å². The molecule has 1 saturated carbocycles. The Morgan fingerprint density at radius 2 is 2.27 bits per heavy atom. The average Bonchev–Trinajstić information content (AvgIpc) is 1.83. The Labute approximate surface area is 66.2 Å². The molecule has 2 N–H and O–H groups in total. The second-order valence-corrected chi connectivity index (χ2v) is 2.80. The second-order valence-electron chi connectivity index (χ2n) is 2.80. The average molecular weight is 155 g/mol. The summed E-state index contributed by atoms with van der Waals surface area (Å²) in [4.78, 5) is 10.7. The van der Waals surface area contributed by atoms with E-state index in [9.17, 15) is 4.79 Å². The molecular weight excluding hydrogens is 142 g/mol. The molecule has 0 unspecified atom stereocenters. The van der Waals surface area contributed by atoms with Crippen LogP contribution in [0.25, 0.3) is 0 Å². The van der Waals surface area contributed by atoms with Crippen LogP contribution in [0.3, 0.4) is 0 Å². The number of hydrogen-bond acceptors (Lipinski definition) is 3. The Morgan fingerprint density at radius 3 is 2.64 bits per heavy atom. The van der Waals surface area contributed by atoms with E-state index in [2.05, 4.69) is 4.74 Å². The number of carbonyl (C=O) groups is 1. The SMILES string of the molecule is COC(=O)/C=C(\N)C1CCC1. The van der Waals surface area contributed by atoms with Gasteiger partial charge in [-0.25, -0.2) is 4.79 Å². The Kier molecular flexibility index (Phi) is 2.52. The zero-order valence-electron chi connectivity index (χ0n) is 6.67. The molecule has 1 aliphatic carbocycles.